The molecule has 0 bridgehead atoms. The van der Waals surface area contributed by atoms with Crippen molar-refractivity contribution in [1.29, 1.82) is 0 Å². The minimum absolute atomic E-state index is 0.200. The van der Waals surface area contributed by atoms with Crippen LogP contribution < -0.4 is 10.6 Å². The molecule has 0 amide bonds. The maximum absolute atomic E-state index is 8.50. The van der Waals surface area contributed by atoms with E-state index in [9.17, 15) is 0 Å². The molecule has 3 heteroatoms. The van der Waals surface area contributed by atoms with Crippen LogP contribution in [0.5, 0.6) is 0 Å². The average molecular weight is 180 g/mol. The summed E-state index contributed by atoms with van der Waals surface area (Å²) >= 11 is 0. The molecule has 72 valence electrons. The highest BCUT2D eigenvalue weighted by Crippen LogP contribution is 2.03. The molecule has 0 aromatic heterocycles. The molecule has 0 aliphatic carbocycles. The molecule has 0 fully saturated rings. The first-order valence-corrected chi connectivity index (χ1v) is 4.54. The van der Waals surface area contributed by atoms with Crippen molar-refractivity contribution in [2.45, 2.75) is 0 Å². The fourth-order valence-electron chi connectivity index (χ4n) is 1.06. The second kappa shape index (κ2) is 6.46. The smallest absolute Gasteiger partial charge is 0.0555 e. The summed E-state index contributed by atoms with van der Waals surface area (Å²) in [5.74, 6) is 0. The van der Waals surface area contributed by atoms with Crippen molar-refractivity contribution in [2.24, 2.45) is 0 Å². The fraction of sp³-hybridized carbons (Fsp3) is 0.400. The average Bonchev–Trinajstić information content (AvgIpc) is 2.19. The van der Waals surface area contributed by atoms with Crippen LogP contribution in [-0.4, -0.2) is 31.3 Å². The Kier molecular flexibility index (Phi) is 4.98. The molecule has 13 heavy (non-hydrogen) atoms. The van der Waals surface area contributed by atoms with Crippen LogP contribution in [-0.2, 0) is 0 Å². The van der Waals surface area contributed by atoms with Gasteiger partial charge in [0.05, 0.1) is 6.61 Å². The van der Waals surface area contributed by atoms with Crippen LogP contribution in [0.1, 0.15) is 0 Å². The molecular weight excluding hydrogens is 164 g/mol. The molecule has 1 aromatic rings. The highest BCUT2D eigenvalue weighted by molar-refractivity contribution is 5.42. The second-order valence-electron chi connectivity index (χ2n) is 2.77. The Morgan fingerprint density at radius 2 is 1.77 bits per heavy atom. The Hall–Kier alpha value is -1.06. The molecule has 0 spiro atoms. The molecule has 0 atom stereocenters. The normalized spacial score (nSPS) is 9.92. The van der Waals surface area contributed by atoms with Gasteiger partial charge < -0.3 is 15.7 Å². The van der Waals surface area contributed by atoms with Crippen molar-refractivity contribution in [1.82, 2.24) is 5.32 Å². The van der Waals surface area contributed by atoms with Gasteiger partial charge in [-0.3, -0.25) is 0 Å². The van der Waals surface area contributed by atoms with Gasteiger partial charge in [0, 0.05) is 25.3 Å². The molecule has 0 heterocycles. The molecule has 1 aromatic carbocycles. The highest BCUT2D eigenvalue weighted by Gasteiger charge is 1.88. The van der Waals surface area contributed by atoms with Gasteiger partial charge in [0.2, 0.25) is 0 Å². The summed E-state index contributed by atoms with van der Waals surface area (Å²) < 4.78 is 0. The van der Waals surface area contributed by atoms with Gasteiger partial charge in [-0.2, -0.15) is 0 Å². The summed E-state index contributed by atoms with van der Waals surface area (Å²) in [6.45, 7) is 2.61. The summed E-state index contributed by atoms with van der Waals surface area (Å²) in [4.78, 5) is 0. The zero-order valence-corrected chi connectivity index (χ0v) is 7.66. The standard InChI is InChI=1S/C10H16N2O/c13-9-8-11-6-7-12-10-4-2-1-3-5-10/h1-5,11-13H,6-9H2. The van der Waals surface area contributed by atoms with Gasteiger partial charge in [0.25, 0.3) is 0 Å². The van der Waals surface area contributed by atoms with E-state index in [1.165, 1.54) is 0 Å². The van der Waals surface area contributed by atoms with Crippen LogP contribution in [0.4, 0.5) is 5.69 Å². The first kappa shape index (κ1) is 10.0. The predicted molar refractivity (Wildman–Crippen MR) is 54.9 cm³/mol. The van der Waals surface area contributed by atoms with Gasteiger partial charge in [0.1, 0.15) is 0 Å². The molecule has 0 aliphatic rings. The molecule has 0 aliphatic heterocycles. The molecule has 0 saturated heterocycles. The van der Waals surface area contributed by atoms with Gasteiger partial charge in [-0.1, -0.05) is 18.2 Å². The summed E-state index contributed by atoms with van der Waals surface area (Å²) in [5, 5.41) is 14.9. The lowest BCUT2D eigenvalue weighted by Gasteiger charge is -2.06. The van der Waals surface area contributed by atoms with Gasteiger partial charge >= 0.3 is 0 Å². The topological polar surface area (TPSA) is 44.3 Å². The molecule has 0 radical (unpaired) electrons. The second-order valence-corrected chi connectivity index (χ2v) is 2.77. The number of hydrogen-bond acceptors (Lipinski definition) is 3. The lowest BCUT2D eigenvalue weighted by molar-refractivity contribution is 0.293. The van der Waals surface area contributed by atoms with Gasteiger partial charge in [-0.25, -0.2) is 0 Å². The third-order valence-electron chi connectivity index (χ3n) is 1.69. The van der Waals surface area contributed by atoms with Crippen LogP contribution in [0.15, 0.2) is 30.3 Å². The van der Waals surface area contributed by atoms with Crippen LogP contribution >= 0.6 is 0 Å². The van der Waals surface area contributed by atoms with E-state index in [-0.39, 0.29) is 6.61 Å². The van der Waals surface area contributed by atoms with Crippen molar-refractivity contribution in [2.75, 3.05) is 31.6 Å². The Morgan fingerprint density at radius 3 is 2.46 bits per heavy atom. The molecule has 3 nitrogen and oxygen atoms in total. The number of benzene rings is 1. The van der Waals surface area contributed by atoms with Gasteiger partial charge in [-0.05, 0) is 12.1 Å². The van der Waals surface area contributed by atoms with E-state index in [0.29, 0.717) is 6.54 Å². The van der Waals surface area contributed by atoms with E-state index in [2.05, 4.69) is 10.6 Å². The minimum atomic E-state index is 0.200. The van der Waals surface area contributed by atoms with Crippen molar-refractivity contribution >= 4 is 5.69 Å². The molecule has 3 N–H and O–H groups in total. The first-order valence-electron chi connectivity index (χ1n) is 4.54. The summed E-state index contributed by atoms with van der Waals surface area (Å²) in [5.41, 5.74) is 1.13. The van der Waals surface area contributed by atoms with E-state index < -0.39 is 0 Å². The van der Waals surface area contributed by atoms with Crippen LogP contribution in [0, 0.1) is 0 Å². The van der Waals surface area contributed by atoms with E-state index in [0.717, 1.165) is 18.8 Å². The van der Waals surface area contributed by atoms with Crippen molar-refractivity contribution < 1.29 is 5.11 Å². The molecule has 0 unspecified atom stereocenters. The number of rotatable bonds is 6. The SMILES string of the molecule is OCCNCCNc1ccccc1. The molecular formula is C10H16N2O. The van der Waals surface area contributed by atoms with Gasteiger partial charge in [-0.15, -0.1) is 0 Å². The van der Waals surface area contributed by atoms with E-state index >= 15 is 0 Å². The molecule has 1 rings (SSSR count). The van der Waals surface area contributed by atoms with E-state index in [1.807, 2.05) is 30.3 Å². The number of para-hydroxylation sites is 1. The fourth-order valence-corrected chi connectivity index (χ4v) is 1.06. The Morgan fingerprint density at radius 1 is 1.00 bits per heavy atom. The molecule has 0 saturated carbocycles. The Bertz CT molecular complexity index is 213. The minimum Gasteiger partial charge on any atom is -0.395 e. The highest BCUT2D eigenvalue weighted by atomic mass is 16.3. The van der Waals surface area contributed by atoms with Crippen molar-refractivity contribution in [3.63, 3.8) is 0 Å². The third-order valence-corrected chi connectivity index (χ3v) is 1.69. The lowest BCUT2D eigenvalue weighted by atomic mass is 10.3. The van der Waals surface area contributed by atoms with Gasteiger partial charge in [0.15, 0.2) is 0 Å². The number of aliphatic hydroxyl groups excluding tert-OH is 1. The number of aliphatic hydroxyl groups is 1. The summed E-state index contributed by atoms with van der Waals surface area (Å²) in [7, 11) is 0. The summed E-state index contributed by atoms with van der Waals surface area (Å²) in [6, 6.07) is 10.1. The van der Waals surface area contributed by atoms with Crippen molar-refractivity contribution in [3.05, 3.63) is 30.3 Å². The predicted octanol–water partition coefficient (Wildman–Crippen LogP) is 0.680. The number of nitrogens with one attached hydrogen (secondary N) is 2. The maximum atomic E-state index is 8.50. The maximum Gasteiger partial charge on any atom is 0.0555 e. The van der Waals surface area contributed by atoms with E-state index in [4.69, 9.17) is 5.11 Å². The zero-order valence-electron chi connectivity index (χ0n) is 7.66. The van der Waals surface area contributed by atoms with Crippen LogP contribution in [0.3, 0.4) is 0 Å². The van der Waals surface area contributed by atoms with E-state index in [1.54, 1.807) is 0 Å². The zero-order chi connectivity index (χ0) is 9.36. The number of anilines is 1. The van der Waals surface area contributed by atoms with Crippen molar-refractivity contribution in [3.8, 4) is 0 Å². The Labute approximate surface area is 78.8 Å². The first-order chi connectivity index (χ1) is 6.43. The number of hydrogen-bond donors (Lipinski definition) is 3. The Balaban J connectivity index is 2.07. The monoisotopic (exact) mass is 180 g/mol. The quantitative estimate of drug-likeness (QED) is 0.564. The largest absolute Gasteiger partial charge is 0.395 e. The lowest BCUT2D eigenvalue weighted by Crippen LogP contribution is -2.24. The van der Waals surface area contributed by atoms with Crippen LogP contribution in [0.25, 0.3) is 0 Å². The summed E-state index contributed by atoms with van der Waals surface area (Å²) in [6.07, 6.45) is 0. The third kappa shape index (κ3) is 4.50. The van der Waals surface area contributed by atoms with Crippen LogP contribution in [0.2, 0.25) is 0 Å².